The Bertz CT molecular complexity index is 392. The zero-order valence-electron chi connectivity index (χ0n) is 10.5. The van der Waals surface area contributed by atoms with Gasteiger partial charge in [-0.1, -0.05) is 29.8 Å². The topological polar surface area (TPSA) is 3.24 Å². The van der Waals surface area contributed by atoms with Crippen molar-refractivity contribution in [2.75, 3.05) is 13.1 Å². The molecule has 2 aliphatic rings. The van der Waals surface area contributed by atoms with E-state index in [4.69, 9.17) is 0 Å². The van der Waals surface area contributed by atoms with Crippen LogP contribution < -0.4 is 0 Å². The molecule has 1 aromatic carbocycles. The minimum atomic E-state index is 0.526. The third kappa shape index (κ3) is 1.41. The summed E-state index contributed by atoms with van der Waals surface area (Å²) in [5.74, 6) is 0.928. The first kappa shape index (κ1) is 10.3. The first-order valence-electron chi connectivity index (χ1n) is 6.43. The van der Waals surface area contributed by atoms with E-state index in [9.17, 15) is 0 Å². The molecular formula is C15H21N. The molecule has 0 bridgehead atoms. The fourth-order valence-corrected chi connectivity index (χ4v) is 3.25. The zero-order valence-corrected chi connectivity index (χ0v) is 10.5. The Kier molecular flexibility index (Phi) is 2.16. The smallest absolute Gasteiger partial charge is 0.0124 e. The highest BCUT2D eigenvalue weighted by molar-refractivity contribution is 5.38. The van der Waals surface area contributed by atoms with Gasteiger partial charge in [0.2, 0.25) is 0 Å². The van der Waals surface area contributed by atoms with Crippen LogP contribution in [0, 0.1) is 12.8 Å². The van der Waals surface area contributed by atoms with Crippen LogP contribution in [0.15, 0.2) is 24.3 Å². The molecule has 1 saturated heterocycles. The van der Waals surface area contributed by atoms with Crippen LogP contribution >= 0.6 is 0 Å². The van der Waals surface area contributed by atoms with Crippen LogP contribution in [0.1, 0.15) is 31.4 Å². The second-order valence-electron chi connectivity index (χ2n) is 5.95. The third-order valence-electron chi connectivity index (χ3n) is 4.53. The van der Waals surface area contributed by atoms with Crippen LogP contribution in [-0.4, -0.2) is 24.0 Å². The summed E-state index contributed by atoms with van der Waals surface area (Å²) in [6, 6.07) is 9.92. The molecule has 0 N–H and O–H groups in total. The summed E-state index contributed by atoms with van der Waals surface area (Å²) in [5, 5.41) is 0. The molecule has 1 heteroatoms. The van der Waals surface area contributed by atoms with E-state index in [-0.39, 0.29) is 0 Å². The van der Waals surface area contributed by atoms with E-state index in [1.54, 1.807) is 5.56 Å². The number of likely N-dealkylation sites (tertiary alicyclic amines) is 1. The Morgan fingerprint density at radius 2 is 1.94 bits per heavy atom. The molecule has 2 fully saturated rings. The molecule has 0 radical (unpaired) electrons. The Morgan fingerprint density at radius 3 is 2.50 bits per heavy atom. The minimum absolute atomic E-state index is 0.526. The van der Waals surface area contributed by atoms with E-state index in [0.29, 0.717) is 11.5 Å². The van der Waals surface area contributed by atoms with Crippen molar-refractivity contribution in [3.8, 4) is 0 Å². The van der Waals surface area contributed by atoms with Crippen molar-refractivity contribution in [1.82, 2.24) is 4.90 Å². The van der Waals surface area contributed by atoms with Gasteiger partial charge < -0.3 is 0 Å². The van der Waals surface area contributed by atoms with E-state index >= 15 is 0 Å². The van der Waals surface area contributed by atoms with Gasteiger partial charge in [0.25, 0.3) is 0 Å². The van der Waals surface area contributed by atoms with Crippen LogP contribution in [0.3, 0.4) is 0 Å². The van der Waals surface area contributed by atoms with Gasteiger partial charge in [-0.2, -0.15) is 0 Å². The summed E-state index contributed by atoms with van der Waals surface area (Å²) in [7, 11) is 0. The zero-order chi connectivity index (χ0) is 11.3. The van der Waals surface area contributed by atoms with E-state index in [2.05, 4.69) is 49.9 Å². The molecule has 0 spiro atoms. The van der Waals surface area contributed by atoms with Gasteiger partial charge in [0.15, 0.2) is 0 Å². The highest BCUT2D eigenvalue weighted by Crippen LogP contribution is 2.59. The number of hydrogen-bond acceptors (Lipinski definition) is 1. The van der Waals surface area contributed by atoms with Gasteiger partial charge in [-0.05, 0) is 38.7 Å². The quantitative estimate of drug-likeness (QED) is 0.733. The van der Waals surface area contributed by atoms with Gasteiger partial charge in [-0.25, -0.2) is 0 Å². The highest BCUT2D eigenvalue weighted by atomic mass is 15.2. The normalized spacial score (nSPS) is 33.1. The first-order valence-corrected chi connectivity index (χ1v) is 6.43. The predicted molar refractivity (Wildman–Crippen MR) is 67.7 cm³/mol. The molecule has 86 valence electrons. The van der Waals surface area contributed by atoms with Crippen LogP contribution in [0.25, 0.3) is 0 Å². The highest BCUT2D eigenvalue weighted by Gasteiger charge is 2.60. The molecule has 1 aromatic rings. The van der Waals surface area contributed by atoms with E-state index < -0.39 is 0 Å². The summed E-state index contributed by atoms with van der Waals surface area (Å²) < 4.78 is 0. The van der Waals surface area contributed by atoms with Gasteiger partial charge in [-0.3, -0.25) is 4.90 Å². The molecule has 1 nitrogen and oxygen atoms in total. The van der Waals surface area contributed by atoms with Crippen LogP contribution in [0.5, 0.6) is 0 Å². The molecule has 1 saturated carbocycles. The maximum atomic E-state index is 2.63. The second kappa shape index (κ2) is 3.33. The number of nitrogens with zero attached hydrogens (tertiary/aromatic N) is 1. The summed E-state index contributed by atoms with van der Waals surface area (Å²) in [5.41, 5.74) is 3.47. The largest absolute Gasteiger partial charge is 0.300 e. The molecule has 2 atom stereocenters. The average Bonchev–Trinajstić information content (AvgIpc) is 2.82. The lowest BCUT2D eigenvalue weighted by molar-refractivity contribution is 0.243. The summed E-state index contributed by atoms with van der Waals surface area (Å²) >= 11 is 0. The van der Waals surface area contributed by atoms with Gasteiger partial charge in [-0.15, -0.1) is 0 Å². The van der Waals surface area contributed by atoms with Crippen molar-refractivity contribution >= 4 is 0 Å². The standard InChI is InChI=1S/C15H21N/c1-11(2)16-9-14-8-15(14,10-16)13-6-4-12(3)5-7-13/h4-7,11,14H,8-10H2,1-3H3/t14-,15?/m1/s1. The van der Waals surface area contributed by atoms with Crippen molar-refractivity contribution in [2.45, 2.75) is 38.6 Å². The van der Waals surface area contributed by atoms with E-state index in [1.807, 2.05) is 0 Å². The maximum Gasteiger partial charge on any atom is 0.0124 e. The lowest BCUT2D eigenvalue weighted by Crippen LogP contribution is -2.32. The molecule has 16 heavy (non-hydrogen) atoms. The molecule has 1 aliphatic heterocycles. The Balaban J connectivity index is 1.84. The lowest BCUT2D eigenvalue weighted by atomic mass is 9.94. The predicted octanol–water partition coefficient (Wildman–Crippen LogP) is 2.98. The number of benzene rings is 1. The molecule has 1 heterocycles. The van der Waals surface area contributed by atoms with Crippen molar-refractivity contribution in [2.24, 2.45) is 5.92 Å². The second-order valence-corrected chi connectivity index (χ2v) is 5.95. The van der Waals surface area contributed by atoms with Crippen molar-refractivity contribution in [3.05, 3.63) is 35.4 Å². The summed E-state index contributed by atoms with van der Waals surface area (Å²) in [6.45, 7) is 9.38. The van der Waals surface area contributed by atoms with Gasteiger partial charge in [0.1, 0.15) is 0 Å². The van der Waals surface area contributed by atoms with Gasteiger partial charge in [0.05, 0.1) is 0 Å². The van der Waals surface area contributed by atoms with E-state index in [0.717, 1.165) is 5.92 Å². The third-order valence-corrected chi connectivity index (χ3v) is 4.53. The van der Waals surface area contributed by atoms with Gasteiger partial charge in [0, 0.05) is 24.5 Å². The molecular weight excluding hydrogens is 194 g/mol. The monoisotopic (exact) mass is 215 g/mol. The summed E-state index contributed by atoms with van der Waals surface area (Å²) in [6.07, 6.45) is 1.42. The number of piperidine rings is 1. The number of hydrogen-bond donors (Lipinski definition) is 0. The Hall–Kier alpha value is -0.820. The van der Waals surface area contributed by atoms with Crippen molar-refractivity contribution < 1.29 is 0 Å². The molecule has 1 unspecified atom stereocenters. The van der Waals surface area contributed by atoms with Crippen LogP contribution in [0.2, 0.25) is 0 Å². The Morgan fingerprint density at radius 1 is 1.25 bits per heavy atom. The van der Waals surface area contributed by atoms with Crippen molar-refractivity contribution in [3.63, 3.8) is 0 Å². The molecule has 1 aliphatic carbocycles. The number of rotatable bonds is 2. The van der Waals surface area contributed by atoms with E-state index in [1.165, 1.54) is 25.1 Å². The fourth-order valence-electron chi connectivity index (χ4n) is 3.25. The lowest BCUT2D eigenvalue weighted by Gasteiger charge is -2.24. The number of fused-ring (bicyclic) bond motifs is 1. The fraction of sp³-hybridized carbons (Fsp3) is 0.600. The number of aryl methyl sites for hydroxylation is 1. The molecule has 0 aromatic heterocycles. The minimum Gasteiger partial charge on any atom is -0.300 e. The first-order chi connectivity index (χ1) is 7.62. The van der Waals surface area contributed by atoms with Crippen LogP contribution in [0.4, 0.5) is 0 Å². The SMILES string of the molecule is Cc1ccc(C23C[C@@H]2CN(C(C)C)C3)cc1. The summed E-state index contributed by atoms with van der Waals surface area (Å²) in [4.78, 5) is 2.63. The Labute approximate surface area is 98.5 Å². The maximum absolute atomic E-state index is 2.63. The van der Waals surface area contributed by atoms with Gasteiger partial charge >= 0.3 is 0 Å². The average molecular weight is 215 g/mol. The van der Waals surface area contributed by atoms with Crippen molar-refractivity contribution in [1.29, 1.82) is 0 Å². The van der Waals surface area contributed by atoms with Crippen LogP contribution in [-0.2, 0) is 5.41 Å². The molecule has 3 rings (SSSR count). The molecule has 0 amide bonds.